The number of hydrogen-bond acceptors (Lipinski definition) is 6. The van der Waals surface area contributed by atoms with Gasteiger partial charge in [0.1, 0.15) is 5.82 Å². The van der Waals surface area contributed by atoms with Gasteiger partial charge in [0.2, 0.25) is 5.91 Å². The van der Waals surface area contributed by atoms with Crippen LogP contribution in [0.25, 0.3) is 11.3 Å². The zero-order chi connectivity index (χ0) is 24.7. The summed E-state index contributed by atoms with van der Waals surface area (Å²) in [6.07, 6.45) is 5.33. The third-order valence-corrected chi connectivity index (χ3v) is 6.85. The first-order valence-corrected chi connectivity index (χ1v) is 12.5. The Bertz CT molecular complexity index is 1120. The van der Waals surface area contributed by atoms with E-state index >= 15 is 0 Å². The molecule has 8 nitrogen and oxygen atoms in total. The van der Waals surface area contributed by atoms with E-state index in [0.29, 0.717) is 38.7 Å². The molecular formula is C27H32FN5O3. The van der Waals surface area contributed by atoms with Crippen LogP contribution in [0.5, 0.6) is 0 Å². The molecule has 190 valence electrons. The molecule has 1 atom stereocenters. The number of aromatic amines is 1. The molecule has 1 N–H and O–H groups in total. The monoisotopic (exact) mass is 493 g/mol. The normalized spacial score (nSPS) is 20.0. The molecule has 2 saturated heterocycles. The maximum atomic E-state index is 13.4. The largest absolute Gasteiger partial charge is 0.381 e. The van der Waals surface area contributed by atoms with Crippen molar-refractivity contribution in [3.63, 3.8) is 0 Å². The summed E-state index contributed by atoms with van der Waals surface area (Å²) < 4.78 is 25.2. The fraction of sp³-hybridized carbons (Fsp3) is 0.444. The molecule has 0 aliphatic carbocycles. The van der Waals surface area contributed by atoms with E-state index in [0.717, 1.165) is 55.1 Å². The van der Waals surface area contributed by atoms with Crippen molar-refractivity contribution in [2.75, 3.05) is 39.4 Å². The van der Waals surface area contributed by atoms with Crippen LogP contribution in [0, 0.1) is 11.7 Å². The van der Waals surface area contributed by atoms with Crippen LogP contribution in [0.4, 0.5) is 4.39 Å². The molecule has 2 aliphatic heterocycles. The van der Waals surface area contributed by atoms with Gasteiger partial charge in [-0.15, -0.1) is 0 Å². The fourth-order valence-corrected chi connectivity index (χ4v) is 4.92. The lowest BCUT2D eigenvalue weighted by Gasteiger charge is -2.30. The minimum atomic E-state index is -0.282. The van der Waals surface area contributed by atoms with Crippen molar-refractivity contribution >= 4 is 5.91 Å². The zero-order valence-corrected chi connectivity index (χ0v) is 20.3. The summed E-state index contributed by atoms with van der Waals surface area (Å²) >= 11 is 0. The van der Waals surface area contributed by atoms with Crippen molar-refractivity contribution in [2.45, 2.75) is 32.1 Å². The van der Waals surface area contributed by atoms with Crippen LogP contribution >= 0.6 is 0 Å². The molecule has 36 heavy (non-hydrogen) atoms. The molecule has 1 unspecified atom stereocenters. The molecule has 2 fully saturated rings. The van der Waals surface area contributed by atoms with Crippen LogP contribution in [-0.2, 0) is 27.4 Å². The molecule has 3 aromatic rings. The van der Waals surface area contributed by atoms with Crippen molar-refractivity contribution < 1.29 is 18.7 Å². The van der Waals surface area contributed by atoms with Gasteiger partial charge in [-0.3, -0.25) is 19.8 Å². The molecule has 9 heteroatoms. The second-order valence-corrected chi connectivity index (χ2v) is 9.56. The molecule has 2 aliphatic rings. The minimum Gasteiger partial charge on any atom is -0.381 e. The summed E-state index contributed by atoms with van der Waals surface area (Å²) in [6, 6.07) is 12.1. The Morgan fingerprint density at radius 2 is 1.94 bits per heavy atom. The van der Waals surface area contributed by atoms with Gasteiger partial charge in [-0.1, -0.05) is 6.07 Å². The summed E-state index contributed by atoms with van der Waals surface area (Å²) in [7, 11) is 0. The van der Waals surface area contributed by atoms with Gasteiger partial charge < -0.3 is 14.4 Å². The number of nitrogens with one attached hydrogen (secondary N) is 1. The van der Waals surface area contributed by atoms with Gasteiger partial charge in [-0.05, 0) is 55.2 Å². The number of carbonyl (C=O) groups excluding carboxylic acids is 1. The SMILES string of the molecule is O=C1CN(Cc2cn[nH]c2-c2ccc(F)cc2)CC(OCc2ccccn2)CN1CC1CCOCC1. The Morgan fingerprint density at radius 3 is 2.72 bits per heavy atom. The number of halogens is 1. The van der Waals surface area contributed by atoms with Gasteiger partial charge in [-0.2, -0.15) is 5.10 Å². The standard InChI is InChI=1S/C27H32FN5O3/c28-23-6-4-21(5-7-23)27-22(13-30-31-27)15-32-16-25(36-19-24-3-1-2-10-29-24)17-33(26(34)18-32)14-20-8-11-35-12-9-20/h1-7,10,13,20,25H,8-9,11-12,14-19H2,(H,30,31). The maximum Gasteiger partial charge on any atom is 0.236 e. The molecular weight excluding hydrogens is 461 g/mol. The van der Waals surface area contributed by atoms with Crippen molar-refractivity contribution in [2.24, 2.45) is 5.92 Å². The number of pyridine rings is 1. The molecule has 0 bridgehead atoms. The second-order valence-electron chi connectivity index (χ2n) is 9.56. The van der Waals surface area contributed by atoms with Crippen molar-refractivity contribution in [1.82, 2.24) is 25.0 Å². The predicted molar refractivity (Wildman–Crippen MR) is 132 cm³/mol. The highest BCUT2D eigenvalue weighted by molar-refractivity contribution is 5.78. The number of carbonyl (C=O) groups is 1. The van der Waals surface area contributed by atoms with E-state index in [1.54, 1.807) is 24.5 Å². The van der Waals surface area contributed by atoms with Crippen molar-refractivity contribution in [3.05, 3.63) is 71.9 Å². The highest BCUT2D eigenvalue weighted by Gasteiger charge is 2.31. The minimum absolute atomic E-state index is 0.109. The molecule has 0 saturated carbocycles. The maximum absolute atomic E-state index is 13.4. The lowest BCUT2D eigenvalue weighted by molar-refractivity contribution is -0.133. The average Bonchev–Trinajstić information content (AvgIpc) is 3.30. The van der Waals surface area contributed by atoms with E-state index in [-0.39, 0.29) is 17.8 Å². The third-order valence-electron chi connectivity index (χ3n) is 6.85. The van der Waals surface area contributed by atoms with Crippen molar-refractivity contribution in [3.8, 4) is 11.3 Å². The highest BCUT2D eigenvalue weighted by atomic mass is 19.1. The van der Waals surface area contributed by atoms with E-state index in [2.05, 4.69) is 20.1 Å². The first-order chi connectivity index (χ1) is 17.6. The van der Waals surface area contributed by atoms with Gasteiger partial charge in [0, 0.05) is 56.7 Å². The van der Waals surface area contributed by atoms with Crippen LogP contribution < -0.4 is 0 Å². The number of H-pyrrole nitrogens is 1. The average molecular weight is 494 g/mol. The fourth-order valence-electron chi connectivity index (χ4n) is 4.92. The number of rotatable bonds is 8. The van der Waals surface area contributed by atoms with Gasteiger partial charge >= 0.3 is 0 Å². The number of hydrogen-bond donors (Lipinski definition) is 1. The number of ether oxygens (including phenoxy) is 2. The lowest BCUT2D eigenvalue weighted by atomic mass is 9.99. The second kappa shape index (κ2) is 11.7. The van der Waals surface area contributed by atoms with Crippen LogP contribution in [0.15, 0.2) is 54.9 Å². The summed E-state index contributed by atoms with van der Waals surface area (Å²) in [5, 5.41) is 7.26. The molecule has 0 radical (unpaired) electrons. The predicted octanol–water partition coefficient (Wildman–Crippen LogP) is 3.27. The summed E-state index contributed by atoms with van der Waals surface area (Å²) in [4.78, 5) is 21.8. The van der Waals surface area contributed by atoms with Crippen molar-refractivity contribution in [1.29, 1.82) is 0 Å². The van der Waals surface area contributed by atoms with E-state index in [1.165, 1.54) is 12.1 Å². The Hall–Kier alpha value is -3.14. The third kappa shape index (κ3) is 6.34. The number of benzene rings is 1. The molecule has 4 heterocycles. The zero-order valence-electron chi connectivity index (χ0n) is 20.3. The lowest BCUT2D eigenvalue weighted by Crippen LogP contribution is -2.42. The molecule has 0 spiro atoms. The Morgan fingerprint density at radius 1 is 1.11 bits per heavy atom. The smallest absolute Gasteiger partial charge is 0.236 e. The summed E-state index contributed by atoms with van der Waals surface area (Å²) in [5.74, 6) is 0.275. The number of amides is 1. The van der Waals surface area contributed by atoms with E-state index in [9.17, 15) is 9.18 Å². The van der Waals surface area contributed by atoms with Crippen LogP contribution in [0.2, 0.25) is 0 Å². The topological polar surface area (TPSA) is 83.6 Å². The molecule has 5 rings (SSSR count). The Labute approximate surface area is 210 Å². The Balaban J connectivity index is 1.31. The Kier molecular flexibility index (Phi) is 8.00. The summed E-state index contributed by atoms with van der Waals surface area (Å²) in [5.41, 5.74) is 3.51. The van der Waals surface area contributed by atoms with Gasteiger partial charge in [0.25, 0.3) is 0 Å². The quantitative estimate of drug-likeness (QED) is 0.519. The van der Waals surface area contributed by atoms with E-state index in [1.807, 2.05) is 23.1 Å². The first kappa shape index (κ1) is 24.5. The highest BCUT2D eigenvalue weighted by Crippen LogP contribution is 2.24. The molecule has 2 aromatic heterocycles. The van der Waals surface area contributed by atoms with E-state index in [4.69, 9.17) is 9.47 Å². The number of aromatic nitrogens is 3. The van der Waals surface area contributed by atoms with Crippen LogP contribution in [0.1, 0.15) is 24.1 Å². The van der Waals surface area contributed by atoms with Crippen LogP contribution in [0.3, 0.4) is 0 Å². The number of nitrogens with zero attached hydrogens (tertiary/aromatic N) is 4. The van der Waals surface area contributed by atoms with Gasteiger partial charge in [-0.25, -0.2) is 4.39 Å². The van der Waals surface area contributed by atoms with E-state index < -0.39 is 0 Å². The van der Waals surface area contributed by atoms with Gasteiger partial charge in [0.15, 0.2) is 0 Å². The van der Waals surface area contributed by atoms with Gasteiger partial charge in [0.05, 0.1) is 36.8 Å². The molecule has 1 amide bonds. The molecule has 1 aromatic carbocycles. The first-order valence-electron chi connectivity index (χ1n) is 12.5. The van der Waals surface area contributed by atoms with Crippen LogP contribution in [-0.4, -0.2) is 76.4 Å². The summed E-state index contributed by atoms with van der Waals surface area (Å²) in [6.45, 7) is 4.63.